The molecule has 7 heteroatoms. The minimum atomic E-state index is -3.77. The summed E-state index contributed by atoms with van der Waals surface area (Å²) in [4.78, 5) is 20.9. The first-order valence-corrected chi connectivity index (χ1v) is 4.94. The van der Waals surface area contributed by atoms with E-state index in [1.807, 2.05) is 5.32 Å². The Morgan fingerprint density at radius 1 is 1.46 bits per heavy atom. The highest BCUT2D eigenvalue weighted by atomic mass is 32.2. The van der Waals surface area contributed by atoms with Crippen LogP contribution in [0.3, 0.4) is 0 Å². The Morgan fingerprint density at radius 2 is 2.00 bits per heavy atom. The van der Waals surface area contributed by atoms with Gasteiger partial charge in [-0.2, -0.15) is 0 Å². The molecule has 0 saturated carbocycles. The van der Waals surface area contributed by atoms with E-state index >= 15 is 0 Å². The molecule has 74 valence electrons. The summed E-state index contributed by atoms with van der Waals surface area (Å²) in [5.74, 6) is -1.96. The number of sulfonamides is 1. The molecule has 0 aromatic heterocycles. The third kappa shape index (κ3) is 5.85. The Balaban J connectivity index is 4.12. The lowest BCUT2D eigenvalue weighted by Crippen LogP contribution is -2.37. The van der Waals surface area contributed by atoms with Gasteiger partial charge in [-0.05, 0) is 6.08 Å². The maximum Gasteiger partial charge on any atom is 0.253 e. The molecule has 0 aliphatic carbocycles. The summed E-state index contributed by atoms with van der Waals surface area (Å²) in [6, 6.07) is 0. The maximum atomic E-state index is 10.9. The van der Waals surface area contributed by atoms with Crippen molar-refractivity contribution in [1.82, 2.24) is 10.0 Å². The van der Waals surface area contributed by atoms with Crippen LogP contribution in [0.25, 0.3) is 0 Å². The number of hydrogen-bond donors (Lipinski definition) is 2. The summed E-state index contributed by atoms with van der Waals surface area (Å²) in [5.41, 5.74) is 0. The smallest absolute Gasteiger partial charge is 0.253 e. The molecule has 13 heavy (non-hydrogen) atoms. The van der Waals surface area contributed by atoms with Gasteiger partial charge in [-0.3, -0.25) is 14.3 Å². The largest absolute Gasteiger partial charge is 0.337 e. The molecule has 0 atom stereocenters. The molecule has 0 fully saturated rings. The van der Waals surface area contributed by atoms with Crippen LogP contribution >= 0.6 is 0 Å². The molecule has 0 bridgehead atoms. The van der Waals surface area contributed by atoms with Crippen LogP contribution in [-0.2, 0) is 19.6 Å². The van der Waals surface area contributed by atoms with Gasteiger partial charge in [-0.25, -0.2) is 8.42 Å². The fourth-order valence-corrected chi connectivity index (χ4v) is 1.34. The van der Waals surface area contributed by atoms with E-state index in [9.17, 15) is 18.0 Å². The Kier molecular flexibility index (Phi) is 4.12. The van der Waals surface area contributed by atoms with Gasteiger partial charge in [0.2, 0.25) is 11.8 Å². The van der Waals surface area contributed by atoms with Gasteiger partial charge in [0.05, 0.1) is 0 Å². The summed E-state index contributed by atoms with van der Waals surface area (Å²) in [6.07, 6.45) is 0.934. The van der Waals surface area contributed by atoms with Crippen LogP contribution in [0.4, 0.5) is 0 Å². The standard InChI is InChI=1S/C6H10N2O4S/c1-3-6(10)7-4-13(11,12)8-5(2)9/h3H,1,4H2,2H3,(H,7,10)(H,8,9). The molecule has 0 aromatic carbocycles. The van der Waals surface area contributed by atoms with Crippen LogP contribution in [0.1, 0.15) is 6.92 Å². The van der Waals surface area contributed by atoms with Crippen LogP contribution in [0.5, 0.6) is 0 Å². The molecule has 2 amide bonds. The Labute approximate surface area is 76.1 Å². The van der Waals surface area contributed by atoms with Crippen molar-refractivity contribution in [3.8, 4) is 0 Å². The Bertz CT molecular complexity index is 320. The topological polar surface area (TPSA) is 92.3 Å². The average Bonchev–Trinajstić information content (AvgIpc) is 1.98. The van der Waals surface area contributed by atoms with Crippen molar-refractivity contribution >= 4 is 21.8 Å². The zero-order valence-electron chi connectivity index (χ0n) is 7.03. The van der Waals surface area contributed by atoms with E-state index in [4.69, 9.17) is 0 Å². The molecule has 0 radical (unpaired) electrons. The minimum Gasteiger partial charge on any atom is -0.337 e. The lowest BCUT2D eigenvalue weighted by Gasteiger charge is -2.04. The summed E-state index contributed by atoms with van der Waals surface area (Å²) in [5, 5.41) is 2.02. The van der Waals surface area contributed by atoms with E-state index in [1.54, 1.807) is 4.72 Å². The summed E-state index contributed by atoms with van der Waals surface area (Å²) in [7, 11) is -3.77. The van der Waals surface area contributed by atoms with Gasteiger partial charge in [0, 0.05) is 6.92 Å². The molecule has 0 rings (SSSR count). The van der Waals surface area contributed by atoms with Crippen molar-refractivity contribution in [2.75, 3.05) is 5.88 Å². The van der Waals surface area contributed by atoms with Crippen molar-refractivity contribution in [1.29, 1.82) is 0 Å². The van der Waals surface area contributed by atoms with E-state index in [2.05, 4.69) is 6.58 Å². The Hall–Kier alpha value is -1.37. The predicted octanol–water partition coefficient (Wildman–Crippen LogP) is -1.29. The fourth-order valence-electron chi connectivity index (χ4n) is 0.493. The van der Waals surface area contributed by atoms with Crippen LogP contribution in [0.15, 0.2) is 12.7 Å². The van der Waals surface area contributed by atoms with Crippen molar-refractivity contribution in [2.45, 2.75) is 6.92 Å². The van der Waals surface area contributed by atoms with Gasteiger partial charge in [0.1, 0.15) is 5.88 Å². The molecular formula is C6H10N2O4S. The van der Waals surface area contributed by atoms with Crippen molar-refractivity contribution in [2.24, 2.45) is 0 Å². The van der Waals surface area contributed by atoms with E-state index in [-0.39, 0.29) is 0 Å². The molecule has 0 heterocycles. The quantitative estimate of drug-likeness (QED) is 0.560. The monoisotopic (exact) mass is 206 g/mol. The predicted molar refractivity (Wildman–Crippen MR) is 45.9 cm³/mol. The van der Waals surface area contributed by atoms with Gasteiger partial charge in [0.25, 0.3) is 10.0 Å². The molecule has 0 saturated heterocycles. The van der Waals surface area contributed by atoms with Crippen molar-refractivity contribution < 1.29 is 18.0 Å². The SMILES string of the molecule is C=CC(=O)NCS(=O)(=O)NC(C)=O. The van der Waals surface area contributed by atoms with Gasteiger partial charge in [-0.1, -0.05) is 6.58 Å². The van der Waals surface area contributed by atoms with E-state index in [0.717, 1.165) is 13.0 Å². The highest BCUT2D eigenvalue weighted by molar-refractivity contribution is 7.90. The summed E-state index contributed by atoms with van der Waals surface area (Å²) in [6.45, 7) is 4.19. The second kappa shape index (κ2) is 4.61. The second-order valence-electron chi connectivity index (χ2n) is 2.16. The zero-order chi connectivity index (χ0) is 10.5. The molecule has 0 spiro atoms. The minimum absolute atomic E-state index is 0.617. The van der Waals surface area contributed by atoms with E-state index < -0.39 is 27.7 Å². The van der Waals surface area contributed by atoms with Gasteiger partial charge in [0.15, 0.2) is 0 Å². The molecule has 2 N–H and O–H groups in total. The highest BCUT2D eigenvalue weighted by Crippen LogP contribution is 1.80. The first-order valence-electron chi connectivity index (χ1n) is 3.28. The number of nitrogens with one attached hydrogen (secondary N) is 2. The first kappa shape index (κ1) is 11.6. The normalized spacial score (nSPS) is 10.2. The molecular weight excluding hydrogens is 196 g/mol. The number of carbonyl (C=O) groups excluding carboxylic acids is 2. The molecule has 0 aliphatic rings. The number of amides is 2. The molecule has 0 aromatic rings. The molecule has 0 aliphatic heterocycles. The summed E-state index contributed by atoms with van der Waals surface area (Å²) >= 11 is 0. The lowest BCUT2D eigenvalue weighted by molar-refractivity contribution is -0.118. The number of rotatable bonds is 4. The van der Waals surface area contributed by atoms with Crippen molar-refractivity contribution in [3.05, 3.63) is 12.7 Å². The van der Waals surface area contributed by atoms with Crippen LogP contribution in [0, 0.1) is 0 Å². The molecule has 6 nitrogen and oxygen atoms in total. The van der Waals surface area contributed by atoms with Crippen LogP contribution < -0.4 is 10.0 Å². The maximum absolute atomic E-state index is 10.9. The van der Waals surface area contributed by atoms with Gasteiger partial charge in [-0.15, -0.1) is 0 Å². The van der Waals surface area contributed by atoms with Gasteiger partial charge >= 0.3 is 0 Å². The highest BCUT2D eigenvalue weighted by Gasteiger charge is 2.11. The summed E-state index contributed by atoms with van der Waals surface area (Å²) < 4.78 is 23.4. The van der Waals surface area contributed by atoms with Crippen molar-refractivity contribution in [3.63, 3.8) is 0 Å². The third-order valence-corrected chi connectivity index (χ3v) is 2.04. The first-order chi connectivity index (χ1) is 5.87. The van der Waals surface area contributed by atoms with E-state index in [0.29, 0.717) is 0 Å². The van der Waals surface area contributed by atoms with Gasteiger partial charge < -0.3 is 5.32 Å². The number of carbonyl (C=O) groups is 2. The lowest BCUT2D eigenvalue weighted by atomic mass is 10.6. The fraction of sp³-hybridized carbons (Fsp3) is 0.333. The molecule has 0 unspecified atom stereocenters. The van der Waals surface area contributed by atoms with Crippen LogP contribution in [-0.4, -0.2) is 26.1 Å². The zero-order valence-corrected chi connectivity index (χ0v) is 7.85. The second-order valence-corrected chi connectivity index (χ2v) is 3.88. The Morgan fingerprint density at radius 3 is 2.38 bits per heavy atom. The average molecular weight is 206 g/mol. The number of hydrogen-bond acceptors (Lipinski definition) is 4. The van der Waals surface area contributed by atoms with Crippen LogP contribution in [0.2, 0.25) is 0 Å². The third-order valence-electron chi connectivity index (χ3n) is 0.921. The van der Waals surface area contributed by atoms with E-state index in [1.165, 1.54) is 0 Å².